The number of carbonyl (C=O) groups is 1. The van der Waals surface area contributed by atoms with Crippen LogP contribution in [0.1, 0.15) is 51.9 Å². The second kappa shape index (κ2) is 8.29. The minimum Gasteiger partial charge on any atom is -0.459 e. The Labute approximate surface area is 168 Å². The van der Waals surface area contributed by atoms with Crippen LogP contribution in [0.3, 0.4) is 0 Å². The van der Waals surface area contributed by atoms with Crippen LogP contribution in [0.15, 0.2) is 53.1 Å². The molecule has 0 radical (unpaired) electrons. The Morgan fingerprint density at radius 2 is 1.93 bits per heavy atom. The first kappa shape index (κ1) is 18.9. The molecule has 1 saturated heterocycles. The number of thiophene rings is 1. The highest BCUT2D eigenvalue weighted by Crippen LogP contribution is 2.40. The van der Waals surface area contributed by atoms with Gasteiger partial charge < -0.3 is 9.73 Å². The summed E-state index contributed by atoms with van der Waals surface area (Å²) in [7, 11) is 0. The molecule has 3 aromatic rings. The highest BCUT2D eigenvalue weighted by molar-refractivity contribution is 7.16. The van der Waals surface area contributed by atoms with Gasteiger partial charge in [0.25, 0.3) is 5.91 Å². The third-order valence-corrected chi connectivity index (χ3v) is 6.07. The molecule has 1 fully saturated rings. The zero-order valence-electron chi connectivity index (χ0n) is 15.8. The SMILES string of the molecule is Cc1cc(C(c2ccc(F)cc2)N2CCCCC2)c(NC(=O)c2ccco2)s1. The molecule has 146 valence electrons. The van der Waals surface area contributed by atoms with Gasteiger partial charge in [0.1, 0.15) is 10.8 Å². The normalized spacial score (nSPS) is 16.1. The molecule has 4 rings (SSSR count). The van der Waals surface area contributed by atoms with Crippen molar-refractivity contribution in [3.8, 4) is 0 Å². The van der Waals surface area contributed by atoms with Gasteiger partial charge in [0, 0.05) is 10.4 Å². The van der Waals surface area contributed by atoms with Crippen molar-refractivity contribution >= 4 is 22.2 Å². The fourth-order valence-corrected chi connectivity index (χ4v) is 4.76. The van der Waals surface area contributed by atoms with Gasteiger partial charge in [0.2, 0.25) is 0 Å². The van der Waals surface area contributed by atoms with Crippen molar-refractivity contribution in [3.63, 3.8) is 0 Å². The summed E-state index contributed by atoms with van der Waals surface area (Å²) in [6, 6.07) is 12.2. The fourth-order valence-electron chi connectivity index (χ4n) is 3.82. The molecule has 3 heterocycles. The molecule has 2 aromatic heterocycles. The molecular formula is C22H23FN2O2S. The van der Waals surface area contributed by atoms with E-state index >= 15 is 0 Å². The number of anilines is 1. The van der Waals surface area contributed by atoms with Crippen molar-refractivity contribution in [2.75, 3.05) is 18.4 Å². The lowest BCUT2D eigenvalue weighted by molar-refractivity contribution is 0.0996. The first-order chi connectivity index (χ1) is 13.6. The number of carbonyl (C=O) groups excluding carboxylic acids is 1. The number of hydrogen-bond donors (Lipinski definition) is 1. The second-order valence-electron chi connectivity index (χ2n) is 7.12. The lowest BCUT2D eigenvalue weighted by Gasteiger charge is -2.35. The molecule has 0 bridgehead atoms. The summed E-state index contributed by atoms with van der Waals surface area (Å²) in [5.41, 5.74) is 2.09. The van der Waals surface area contributed by atoms with Gasteiger partial charge in [-0.1, -0.05) is 18.6 Å². The van der Waals surface area contributed by atoms with Crippen molar-refractivity contribution in [2.24, 2.45) is 0 Å². The summed E-state index contributed by atoms with van der Waals surface area (Å²) in [5, 5.41) is 3.84. The largest absolute Gasteiger partial charge is 0.459 e. The minimum atomic E-state index is -0.260. The van der Waals surface area contributed by atoms with Crippen LogP contribution in [0.25, 0.3) is 0 Å². The molecule has 1 aromatic carbocycles. The topological polar surface area (TPSA) is 45.5 Å². The molecule has 1 aliphatic heterocycles. The van der Waals surface area contributed by atoms with Crippen LogP contribution < -0.4 is 5.32 Å². The number of nitrogens with one attached hydrogen (secondary N) is 1. The van der Waals surface area contributed by atoms with Gasteiger partial charge in [-0.3, -0.25) is 9.69 Å². The maximum absolute atomic E-state index is 13.5. The molecule has 1 atom stereocenters. The highest BCUT2D eigenvalue weighted by atomic mass is 32.1. The predicted octanol–water partition coefficient (Wildman–Crippen LogP) is 5.62. The van der Waals surface area contributed by atoms with Crippen LogP contribution in [0.4, 0.5) is 9.39 Å². The smallest absolute Gasteiger partial charge is 0.291 e. The Morgan fingerprint density at radius 3 is 2.61 bits per heavy atom. The quantitative estimate of drug-likeness (QED) is 0.607. The Morgan fingerprint density at radius 1 is 1.18 bits per heavy atom. The molecule has 4 nitrogen and oxygen atoms in total. The van der Waals surface area contributed by atoms with Crippen LogP contribution in [-0.2, 0) is 0 Å². The fraction of sp³-hybridized carbons (Fsp3) is 0.318. The van der Waals surface area contributed by atoms with Crippen LogP contribution in [0, 0.1) is 12.7 Å². The highest BCUT2D eigenvalue weighted by Gasteiger charge is 2.28. The summed E-state index contributed by atoms with van der Waals surface area (Å²) in [6.07, 6.45) is 5.02. The summed E-state index contributed by atoms with van der Waals surface area (Å²) in [6.45, 7) is 4.01. The van der Waals surface area contributed by atoms with E-state index < -0.39 is 0 Å². The van der Waals surface area contributed by atoms with E-state index in [0.29, 0.717) is 0 Å². The molecule has 1 N–H and O–H groups in total. The first-order valence-corrected chi connectivity index (χ1v) is 10.4. The molecule has 6 heteroatoms. The summed E-state index contributed by atoms with van der Waals surface area (Å²) < 4.78 is 18.8. The average Bonchev–Trinajstić information content (AvgIpc) is 3.35. The number of likely N-dealkylation sites (tertiary alicyclic amines) is 1. The van der Waals surface area contributed by atoms with E-state index in [0.717, 1.165) is 46.9 Å². The lowest BCUT2D eigenvalue weighted by atomic mass is 9.96. The standard InChI is InChI=1S/C22H23FN2O2S/c1-15-14-18(22(28-15)24-21(26)19-6-5-13-27-19)20(25-11-3-2-4-12-25)16-7-9-17(23)10-8-16/h5-10,13-14,20H,2-4,11-12H2,1H3,(H,24,26). The van der Waals surface area contributed by atoms with Crippen molar-refractivity contribution in [3.05, 3.63) is 76.3 Å². The molecule has 0 spiro atoms. The zero-order chi connectivity index (χ0) is 19.5. The van der Waals surface area contributed by atoms with Gasteiger partial charge in [-0.2, -0.15) is 0 Å². The number of piperidine rings is 1. The van der Waals surface area contributed by atoms with Gasteiger partial charge in [-0.25, -0.2) is 4.39 Å². The minimum absolute atomic E-state index is 0.0160. The van der Waals surface area contributed by atoms with Gasteiger partial charge in [0.05, 0.1) is 12.3 Å². The monoisotopic (exact) mass is 398 g/mol. The Balaban J connectivity index is 1.71. The Kier molecular flexibility index (Phi) is 5.59. The molecule has 0 aliphatic carbocycles. The van der Waals surface area contributed by atoms with Crippen molar-refractivity contribution in [1.29, 1.82) is 0 Å². The third-order valence-electron chi connectivity index (χ3n) is 5.09. The van der Waals surface area contributed by atoms with Crippen LogP contribution in [0.2, 0.25) is 0 Å². The van der Waals surface area contributed by atoms with Crippen LogP contribution >= 0.6 is 11.3 Å². The molecule has 1 amide bonds. The zero-order valence-corrected chi connectivity index (χ0v) is 16.6. The van der Waals surface area contributed by atoms with E-state index in [9.17, 15) is 9.18 Å². The molecule has 0 saturated carbocycles. The Hall–Kier alpha value is -2.44. The maximum Gasteiger partial charge on any atom is 0.291 e. The average molecular weight is 399 g/mol. The number of furan rings is 1. The molecule has 28 heavy (non-hydrogen) atoms. The van der Waals surface area contributed by atoms with E-state index in [1.54, 1.807) is 23.5 Å². The van der Waals surface area contributed by atoms with E-state index in [1.165, 1.54) is 24.8 Å². The predicted molar refractivity (Wildman–Crippen MR) is 109 cm³/mol. The number of nitrogens with zero attached hydrogens (tertiary/aromatic N) is 1. The van der Waals surface area contributed by atoms with Crippen LogP contribution in [0.5, 0.6) is 0 Å². The number of benzene rings is 1. The van der Waals surface area contributed by atoms with E-state index in [2.05, 4.69) is 16.3 Å². The maximum atomic E-state index is 13.5. The summed E-state index contributed by atoms with van der Waals surface area (Å²) in [5.74, 6) is -0.216. The third kappa shape index (κ3) is 4.03. The molecule has 1 aliphatic rings. The van der Waals surface area contributed by atoms with Crippen LogP contribution in [-0.4, -0.2) is 23.9 Å². The van der Waals surface area contributed by atoms with Gasteiger partial charge in [-0.15, -0.1) is 11.3 Å². The number of hydrogen-bond acceptors (Lipinski definition) is 4. The number of rotatable bonds is 5. The summed E-state index contributed by atoms with van der Waals surface area (Å²) >= 11 is 1.56. The number of halogens is 1. The first-order valence-electron chi connectivity index (χ1n) is 9.56. The van der Waals surface area contributed by atoms with Crippen molar-refractivity contribution in [2.45, 2.75) is 32.2 Å². The van der Waals surface area contributed by atoms with Gasteiger partial charge in [-0.05, 0) is 68.8 Å². The van der Waals surface area contributed by atoms with Crippen molar-refractivity contribution < 1.29 is 13.6 Å². The van der Waals surface area contributed by atoms with Gasteiger partial charge >= 0.3 is 0 Å². The van der Waals surface area contributed by atoms with E-state index in [1.807, 2.05) is 19.1 Å². The lowest BCUT2D eigenvalue weighted by Crippen LogP contribution is -2.34. The Bertz CT molecular complexity index is 928. The number of amides is 1. The molecule has 1 unspecified atom stereocenters. The van der Waals surface area contributed by atoms with E-state index in [4.69, 9.17) is 4.42 Å². The molecular weight excluding hydrogens is 375 g/mol. The van der Waals surface area contributed by atoms with Crippen molar-refractivity contribution in [1.82, 2.24) is 4.90 Å². The van der Waals surface area contributed by atoms with Gasteiger partial charge in [0.15, 0.2) is 5.76 Å². The number of aryl methyl sites for hydroxylation is 1. The van der Waals surface area contributed by atoms with E-state index in [-0.39, 0.29) is 23.5 Å². The second-order valence-corrected chi connectivity index (χ2v) is 8.38. The summed E-state index contributed by atoms with van der Waals surface area (Å²) in [4.78, 5) is 16.1.